The summed E-state index contributed by atoms with van der Waals surface area (Å²) in [5, 5.41) is 0. The summed E-state index contributed by atoms with van der Waals surface area (Å²) in [7, 11) is -1.67. The Morgan fingerprint density at radius 1 is 1.09 bits per heavy atom. The van der Waals surface area contributed by atoms with Gasteiger partial charge < -0.3 is 4.74 Å². The van der Waals surface area contributed by atoms with E-state index >= 15 is 0 Å². The minimum atomic E-state index is -3.20. The maximum Gasteiger partial charge on any atom is 0.269 e. The third-order valence-electron chi connectivity index (χ3n) is 2.86. The molecule has 1 aromatic carbocycles. The summed E-state index contributed by atoms with van der Waals surface area (Å²) >= 11 is 0. The van der Waals surface area contributed by atoms with Crippen molar-refractivity contribution < 1.29 is 22.7 Å². The molecule has 9 heteroatoms. The maximum atomic E-state index is 11.8. The van der Waals surface area contributed by atoms with E-state index in [4.69, 9.17) is 4.74 Å². The first kappa shape index (κ1) is 18.9. The number of methoxy groups -OCH3 is 1. The van der Waals surface area contributed by atoms with Gasteiger partial charge >= 0.3 is 0 Å². The van der Waals surface area contributed by atoms with E-state index in [0.717, 1.165) is 6.26 Å². The van der Waals surface area contributed by atoms with Gasteiger partial charge in [-0.25, -0.2) is 13.1 Å². The molecule has 0 atom stereocenters. The van der Waals surface area contributed by atoms with E-state index in [-0.39, 0.29) is 18.9 Å². The number of amides is 2. The standard InChI is InChI=1S/C14H21N3O5S/c1-22-12-8-6-11(7-9-12)14(19)17-16-13(18)5-3-4-10-15-23(2,20)21/h6-9,15H,3-5,10H2,1-2H3,(H,16,18)(H,17,19). The van der Waals surface area contributed by atoms with Crippen LogP contribution in [0.3, 0.4) is 0 Å². The summed E-state index contributed by atoms with van der Waals surface area (Å²) in [5.74, 6) is -0.140. The first-order chi connectivity index (χ1) is 10.8. The highest BCUT2D eigenvalue weighted by atomic mass is 32.2. The molecule has 0 saturated carbocycles. The minimum Gasteiger partial charge on any atom is -0.497 e. The Kier molecular flexibility index (Phi) is 7.49. The quantitative estimate of drug-likeness (QED) is 0.460. The molecule has 128 valence electrons. The SMILES string of the molecule is COc1ccc(C(=O)NNC(=O)CCCCNS(C)(=O)=O)cc1. The monoisotopic (exact) mass is 343 g/mol. The number of nitrogens with one attached hydrogen (secondary N) is 3. The van der Waals surface area contributed by atoms with Crippen LogP contribution >= 0.6 is 0 Å². The van der Waals surface area contributed by atoms with Gasteiger partial charge in [0.1, 0.15) is 5.75 Å². The van der Waals surface area contributed by atoms with Gasteiger partial charge in [0.05, 0.1) is 13.4 Å². The molecular formula is C14H21N3O5S. The van der Waals surface area contributed by atoms with Crippen LogP contribution < -0.4 is 20.3 Å². The van der Waals surface area contributed by atoms with Crippen LogP contribution in [0, 0.1) is 0 Å². The summed E-state index contributed by atoms with van der Waals surface area (Å²) in [5.41, 5.74) is 5.01. The molecule has 1 aromatic rings. The van der Waals surface area contributed by atoms with Crippen molar-refractivity contribution in [1.82, 2.24) is 15.6 Å². The normalized spacial score (nSPS) is 10.9. The summed E-state index contributed by atoms with van der Waals surface area (Å²) in [6, 6.07) is 6.45. The smallest absolute Gasteiger partial charge is 0.269 e. The number of carbonyl (C=O) groups excluding carboxylic acids is 2. The molecule has 0 heterocycles. The van der Waals surface area contributed by atoms with Crippen LogP contribution in [0.5, 0.6) is 5.75 Å². The van der Waals surface area contributed by atoms with E-state index in [2.05, 4.69) is 15.6 Å². The molecule has 0 saturated heterocycles. The van der Waals surface area contributed by atoms with Gasteiger partial charge in [-0.3, -0.25) is 20.4 Å². The molecule has 0 radical (unpaired) electrons. The number of hydrogen-bond acceptors (Lipinski definition) is 5. The topological polar surface area (TPSA) is 114 Å². The first-order valence-electron chi connectivity index (χ1n) is 6.99. The average Bonchev–Trinajstić information content (AvgIpc) is 2.51. The fourth-order valence-corrected chi connectivity index (χ4v) is 2.19. The lowest BCUT2D eigenvalue weighted by Crippen LogP contribution is -2.41. The molecule has 2 amide bonds. The number of hydrogen-bond donors (Lipinski definition) is 3. The van der Waals surface area contributed by atoms with E-state index in [0.29, 0.717) is 24.2 Å². The Morgan fingerprint density at radius 3 is 2.30 bits per heavy atom. The lowest BCUT2D eigenvalue weighted by atomic mass is 10.2. The van der Waals surface area contributed by atoms with E-state index in [1.54, 1.807) is 24.3 Å². The second-order valence-corrected chi connectivity index (χ2v) is 6.69. The molecule has 0 fully saturated rings. The van der Waals surface area contributed by atoms with Crippen LogP contribution in [0.1, 0.15) is 29.6 Å². The van der Waals surface area contributed by atoms with Crippen molar-refractivity contribution in [2.75, 3.05) is 19.9 Å². The fourth-order valence-electron chi connectivity index (χ4n) is 1.67. The second-order valence-electron chi connectivity index (χ2n) is 4.85. The molecule has 0 aromatic heterocycles. The van der Waals surface area contributed by atoms with Crippen molar-refractivity contribution in [2.24, 2.45) is 0 Å². The van der Waals surface area contributed by atoms with Crippen LogP contribution in [-0.4, -0.2) is 40.1 Å². The van der Waals surface area contributed by atoms with E-state index < -0.39 is 15.9 Å². The van der Waals surface area contributed by atoms with Crippen molar-refractivity contribution in [3.63, 3.8) is 0 Å². The predicted octanol–water partition coefficient (Wildman–Crippen LogP) is 0.176. The molecule has 1 rings (SSSR count). The molecule has 0 aliphatic carbocycles. The third kappa shape index (κ3) is 8.17. The van der Waals surface area contributed by atoms with Crippen LogP contribution in [-0.2, 0) is 14.8 Å². The van der Waals surface area contributed by atoms with Crippen LogP contribution in [0.25, 0.3) is 0 Å². The first-order valence-corrected chi connectivity index (χ1v) is 8.89. The van der Waals surface area contributed by atoms with E-state index in [1.807, 2.05) is 0 Å². The average molecular weight is 343 g/mol. The predicted molar refractivity (Wildman–Crippen MR) is 85.3 cm³/mol. The summed E-state index contributed by atoms with van der Waals surface area (Å²) < 4.78 is 29.0. The number of unbranched alkanes of at least 4 members (excludes halogenated alkanes) is 1. The third-order valence-corrected chi connectivity index (χ3v) is 3.59. The van der Waals surface area contributed by atoms with Crippen molar-refractivity contribution in [3.8, 4) is 5.75 Å². The molecule has 23 heavy (non-hydrogen) atoms. The van der Waals surface area contributed by atoms with Crippen LogP contribution in [0.15, 0.2) is 24.3 Å². The molecule has 8 nitrogen and oxygen atoms in total. The summed E-state index contributed by atoms with van der Waals surface area (Å²) in [4.78, 5) is 23.3. The van der Waals surface area contributed by atoms with Crippen LogP contribution in [0.4, 0.5) is 0 Å². The summed E-state index contributed by atoms with van der Waals surface area (Å²) in [6.45, 7) is 0.282. The lowest BCUT2D eigenvalue weighted by Gasteiger charge is -2.08. The Labute approximate surface area is 135 Å². The zero-order valence-corrected chi connectivity index (χ0v) is 13.9. The molecular weight excluding hydrogens is 322 g/mol. The van der Waals surface area contributed by atoms with Gasteiger partial charge in [0.15, 0.2) is 0 Å². The number of carbonyl (C=O) groups is 2. The maximum absolute atomic E-state index is 11.8. The number of rotatable bonds is 8. The molecule has 0 spiro atoms. The largest absolute Gasteiger partial charge is 0.497 e. The van der Waals surface area contributed by atoms with Gasteiger partial charge in [0.25, 0.3) is 5.91 Å². The number of benzene rings is 1. The zero-order valence-electron chi connectivity index (χ0n) is 13.1. The molecule has 0 unspecified atom stereocenters. The van der Waals surface area contributed by atoms with Gasteiger partial charge in [-0.2, -0.15) is 0 Å². The van der Waals surface area contributed by atoms with E-state index in [9.17, 15) is 18.0 Å². The Bertz CT molecular complexity index is 628. The van der Waals surface area contributed by atoms with Gasteiger partial charge in [-0.05, 0) is 37.1 Å². The zero-order chi connectivity index (χ0) is 17.3. The summed E-state index contributed by atoms with van der Waals surface area (Å²) in [6.07, 6.45) is 2.31. The molecule has 3 N–H and O–H groups in total. The van der Waals surface area contributed by atoms with Gasteiger partial charge in [0, 0.05) is 18.5 Å². The molecule has 0 aliphatic heterocycles. The van der Waals surface area contributed by atoms with E-state index in [1.165, 1.54) is 7.11 Å². The highest BCUT2D eigenvalue weighted by Crippen LogP contribution is 2.10. The number of hydrazine groups is 1. The van der Waals surface area contributed by atoms with Crippen LogP contribution in [0.2, 0.25) is 0 Å². The van der Waals surface area contributed by atoms with Gasteiger partial charge in [-0.15, -0.1) is 0 Å². The van der Waals surface area contributed by atoms with Gasteiger partial charge in [-0.1, -0.05) is 0 Å². The number of ether oxygens (including phenoxy) is 1. The Hall–Kier alpha value is -2.13. The minimum absolute atomic E-state index is 0.189. The Balaban J connectivity index is 2.23. The molecule has 0 aliphatic rings. The number of sulfonamides is 1. The second kappa shape index (κ2) is 9.11. The van der Waals surface area contributed by atoms with Gasteiger partial charge in [0.2, 0.25) is 15.9 Å². The van der Waals surface area contributed by atoms with Crippen molar-refractivity contribution in [1.29, 1.82) is 0 Å². The Morgan fingerprint density at radius 2 is 1.74 bits per heavy atom. The van der Waals surface area contributed by atoms with Crippen molar-refractivity contribution in [3.05, 3.63) is 29.8 Å². The van der Waals surface area contributed by atoms with Crippen molar-refractivity contribution in [2.45, 2.75) is 19.3 Å². The molecule has 0 bridgehead atoms. The fraction of sp³-hybridized carbons (Fsp3) is 0.429. The van der Waals surface area contributed by atoms with Crippen molar-refractivity contribution >= 4 is 21.8 Å². The lowest BCUT2D eigenvalue weighted by molar-refractivity contribution is -0.121. The highest BCUT2D eigenvalue weighted by molar-refractivity contribution is 7.88. The highest BCUT2D eigenvalue weighted by Gasteiger charge is 2.07.